The first kappa shape index (κ1) is 14.8. The normalized spacial score (nSPS) is 24.1. The molecule has 0 bridgehead atoms. The molecule has 3 nitrogen and oxygen atoms in total. The van der Waals surface area contributed by atoms with Crippen LogP contribution in [0, 0.1) is 0 Å². The van der Waals surface area contributed by atoms with Crippen molar-refractivity contribution in [1.82, 2.24) is 4.90 Å². The number of halogens is 1. The second-order valence-electron chi connectivity index (χ2n) is 5.23. The zero-order valence-electron chi connectivity index (χ0n) is 11.7. The number of nitrogens with zero attached hydrogens (tertiary/aromatic N) is 1. The van der Waals surface area contributed by atoms with Crippen LogP contribution in [-0.4, -0.2) is 36.7 Å². The molecule has 106 valence electrons. The average molecular weight is 283 g/mol. The number of hydrogen-bond donors (Lipinski definition) is 1. The first-order valence-corrected chi connectivity index (χ1v) is 7.35. The van der Waals surface area contributed by atoms with E-state index in [0.717, 1.165) is 31.2 Å². The molecular weight excluding hydrogens is 260 g/mol. The van der Waals surface area contributed by atoms with Gasteiger partial charge >= 0.3 is 0 Å². The Morgan fingerprint density at radius 3 is 2.95 bits per heavy atom. The van der Waals surface area contributed by atoms with E-state index in [1.54, 1.807) is 0 Å². The summed E-state index contributed by atoms with van der Waals surface area (Å²) in [5.41, 5.74) is 7.57. The average Bonchev–Trinajstić information content (AvgIpc) is 2.41. The van der Waals surface area contributed by atoms with Gasteiger partial charge in [0.2, 0.25) is 0 Å². The van der Waals surface area contributed by atoms with Gasteiger partial charge in [0.05, 0.1) is 19.3 Å². The number of morpholine rings is 1. The maximum absolute atomic E-state index is 6.37. The molecule has 0 aliphatic carbocycles. The van der Waals surface area contributed by atoms with Gasteiger partial charge in [0, 0.05) is 23.7 Å². The fourth-order valence-corrected chi connectivity index (χ4v) is 2.95. The van der Waals surface area contributed by atoms with E-state index in [1.165, 1.54) is 5.56 Å². The van der Waals surface area contributed by atoms with Crippen LogP contribution in [0.3, 0.4) is 0 Å². The Morgan fingerprint density at radius 1 is 1.53 bits per heavy atom. The molecule has 0 radical (unpaired) electrons. The van der Waals surface area contributed by atoms with Crippen molar-refractivity contribution in [3.8, 4) is 0 Å². The standard InChI is InChI=1S/C15H23ClN2O/c1-3-14(17)15(12-5-4-6-13(16)9-12)18-7-8-19-10-11(18)2/h4-6,9,11,14-15H,3,7-8,10,17H2,1-2H3. The Morgan fingerprint density at radius 2 is 2.32 bits per heavy atom. The van der Waals surface area contributed by atoms with Gasteiger partial charge in [-0.15, -0.1) is 0 Å². The predicted octanol–water partition coefficient (Wildman–Crippen LogP) is 2.84. The molecule has 0 amide bonds. The molecule has 1 aromatic rings. The molecule has 0 spiro atoms. The third-order valence-corrected chi connectivity index (χ3v) is 4.08. The lowest BCUT2D eigenvalue weighted by atomic mass is 9.94. The highest BCUT2D eigenvalue weighted by Gasteiger charge is 2.31. The number of ether oxygens (including phenoxy) is 1. The van der Waals surface area contributed by atoms with E-state index in [1.807, 2.05) is 18.2 Å². The zero-order chi connectivity index (χ0) is 13.8. The van der Waals surface area contributed by atoms with Gasteiger partial charge in [0.1, 0.15) is 0 Å². The van der Waals surface area contributed by atoms with E-state index >= 15 is 0 Å². The minimum absolute atomic E-state index is 0.110. The highest BCUT2D eigenvalue weighted by Crippen LogP contribution is 2.29. The number of benzene rings is 1. The maximum atomic E-state index is 6.37. The summed E-state index contributed by atoms with van der Waals surface area (Å²) >= 11 is 6.13. The Kier molecular flexibility index (Phi) is 5.22. The van der Waals surface area contributed by atoms with Crippen molar-refractivity contribution in [2.24, 2.45) is 5.73 Å². The largest absolute Gasteiger partial charge is 0.379 e. The summed E-state index contributed by atoms with van der Waals surface area (Å²) in [5.74, 6) is 0. The van der Waals surface area contributed by atoms with Crippen molar-refractivity contribution < 1.29 is 4.74 Å². The molecule has 1 aliphatic heterocycles. The Hall–Kier alpha value is -0.610. The van der Waals surface area contributed by atoms with Crippen LogP contribution in [-0.2, 0) is 4.74 Å². The first-order valence-electron chi connectivity index (χ1n) is 6.98. The van der Waals surface area contributed by atoms with Crippen molar-refractivity contribution in [3.63, 3.8) is 0 Å². The van der Waals surface area contributed by atoms with E-state index < -0.39 is 0 Å². The summed E-state index contributed by atoms with van der Waals surface area (Å²) in [4.78, 5) is 2.45. The lowest BCUT2D eigenvalue weighted by Crippen LogP contribution is -2.50. The maximum Gasteiger partial charge on any atom is 0.0620 e. The quantitative estimate of drug-likeness (QED) is 0.923. The SMILES string of the molecule is CCC(N)C(c1cccc(Cl)c1)N1CCOCC1C. The van der Waals surface area contributed by atoms with Gasteiger partial charge in [-0.1, -0.05) is 30.7 Å². The lowest BCUT2D eigenvalue weighted by Gasteiger charge is -2.42. The van der Waals surface area contributed by atoms with Crippen molar-refractivity contribution in [1.29, 1.82) is 0 Å². The number of hydrogen-bond acceptors (Lipinski definition) is 3. The molecule has 1 saturated heterocycles. The Labute approximate surface area is 120 Å². The van der Waals surface area contributed by atoms with E-state index in [9.17, 15) is 0 Å². The third kappa shape index (κ3) is 3.48. The minimum atomic E-state index is 0.110. The molecule has 1 fully saturated rings. The van der Waals surface area contributed by atoms with E-state index in [0.29, 0.717) is 6.04 Å². The molecule has 3 unspecified atom stereocenters. The van der Waals surface area contributed by atoms with E-state index in [4.69, 9.17) is 22.1 Å². The monoisotopic (exact) mass is 282 g/mol. The van der Waals surface area contributed by atoms with Gasteiger partial charge in [-0.2, -0.15) is 0 Å². The molecule has 1 heterocycles. The molecule has 0 saturated carbocycles. The third-order valence-electron chi connectivity index (χ3n) is 3.84. The van der Waals surface area contributed by atoms with Crippen molar-refractivity contribution >= 4 is 11.6 Å². The van der Waals surface area contributed by atoms with Crippen LogP contribution < -0.4 is 5.73 Å². The molecule has 4 heteroatoms. The van der Waals surface area contributed by atoms with E-state index in [-0.39, 0.29) is 12.1 Å². The molecule has 3 atom stereocenters. The lowest BCUT2D eigenvalue weighted by molar-refractivity contribution is -0.0282. The van der Waals surface area contributed by atoms with Crippen LogP contribution in [0.2, 0.25) is 5.02 Å². The summed E-state index contributed by atoms with van der Waals surface area (Å²) in [6.07, 6.45) is 0.946. The van der Waals surface area contributed by atoms with Crippen molar-refractivity contribution in [3.05, 3.63) is 34.9 Å². The smallest absolute Gasteiger partial charge is 0.0620 e. The second kappa shape index (κ2) is 6.71. The van der Waals surface area contributed by atoms with Crippen LogP contribution in [0.4, 0.5) is 0 Å². The topological polar surface area (TPSA) is 38.5 Å². The number of nitrogens with two attached hydrogens (primary N) is 1. The van der Waals surface area contributed by atoms with Crippen LogP contribution in [0.15, 0.2) is 24.3 Å². The van der Waals surface area contributed by atoms with Crippen LogP contribution in [0.5, 0.6) is 0 Å². The summed E-state index contributed by atoms with van der Waals surface area (Å²) < 4.78 is 5.53. The first-order chi connectivity index (χ1) is 9.13. The van der Waals surface area contributed by atoms with Crippen molar-refractivity contribution in [2.45, 2.75) is 38.4 Å². The molecule has 1 aromatic carbocycles. The fourth-order valence-electron chi connectivity index (χ4n) is 2.75. The summed E-state index contributed by atoms with van der Waals surface area (Å²) in [5, 5.41) is 0.770. The van der Waals surface area contributed by atoms with Crippen LogP contribution in [0.1, 0.15) is 31.9 Å². The van der Waals surface area contributed by atoms with Crippen LogP contribution in [0.25, 0.3) is 0 Å². The molecular formula is C15H23ClN2O. The minimum Gasteiger partial charge on any atom is -0.379 e. The van der Waals surface area contributed by atoms with Crippen molar-refractivity contribution in [2.75, 3.05) is 19.8 Å². The fraction of sp³-hybridized carbons (Fsp3) is 0.600. The van der Waals surface area contributed by atoms with E-state index in [2.05, 4.69) is 24.8 Å². The molecule has 0 aromatic heterocycles. The molecule has 2 rings (SSSR count). The van der Waals surface area contributed by atoms with Gasteiger partial charge in [0.25, 0.3) is 0 Å². The zero-order valence-corrected chi connectivity index (χ0v) is 12.4. The Bertz CT molecular complexity index is 413. The summed E-state index contributed by atoms with van der Waals surface area (Å²) in [7, 11) is 0. The van der Waals surface area contributed by atoms with Gasteiger partial charge in [-0.3, -0.25) is 4.90 Å². The number of rotatable bonds is 4. The second-order valence-corrected chi connectivity index (χ2v) is 5.67. The highest BCUT2D eigenvalue weighted by molar-refractivity contribution is 6.30. The molecule has 2 N–H and O–H groups in total. The summed E-state index contributed by atoms with van der Waals surface area (Å²) in [6, 6.07) is 8.76. The van der Waals surface area contributed by atoms with Gasteiger partial charge in [0.15, 0.2) is 0 Å². The van der Waals surface area contributed by atoms with Gasteiger partial charge in [-0.05, 0) is 31.0 Å². The predicted molar refractivity (Wildman–Crippen MR) is 79.4 cm³/mol. The molecule has 19 heavy (non-hydrogen) atoms. The summed E-state index contributed by atoms with van der Waals surface area (Å²) in [6.45, 7) is 6.80. The molecule has 1 aliphatic rings. The Balaban J connectivity index is 2.29. The van der Waals surface area contributed by atoms with Gasteiger partial charge in [-0.25, -0.2) is 0 Å². The highest BCUT2D eigenvalue weighted by atomic mass is 35.5. The van der Waals surface area contributed by atoms with Crippen LogP contribution >= 0.6 is 11.6 Å². The van der Waals surface area contributed by atoms with Gasteiger partial charge < -0.3 is 10.5 Å².